The Labute approximate surface area is 240 Å². The lowest BCUT2D eigenvalue weighted by molar-refractivity contribution is 0.0979. The van der Waals surface area contributed by atoms with E-state index in [1.165, 1.54) is 23.2 Å². The Morgan fingerprint density at radius 1 is 0.927 bits per heavy atom. The molecule has 0 unspecified atom stereocenters. The average Bonchev–Trinajstić information content (AvgIpc) is 3.39. The van der Waals surface area contributed by atoms with Gasteiger partial charge in [-0.05, 0) is 78.2 Å². The second-order valence-electron chi connectivity index (χ2n) is 11.6. The Morgan fingerprint density at radius 2 is 1.83 bits per heavy atom. The Balaban J connectivity index is 1.24. The van der Waals surface area contributed by atoms with Crippen molar-refractivity contribution >= 4 is 11.6 Å². The molecule has 7 rings (SSSR count). The Bertz CT molecular complexity index is 1730. The highest BCUT2D eigenvalue weighted by Crippen LogP contribution is 2.36. The number of aliphatic hydroxyl groups excluding tert-OH is 1. The van der Waals surface area contributed by atoms with Crippen molar-refractivity contribution in [2.75, 3.05) is 18.0 Å². The standard InChI is InChI=1S/C34H36N4O3/c1-36-20-26(17-25(33(36)40)16-22-8-9-24-19-35-12-10-23(24)15-22)28-6-4-7-31(30(28)21-39)38-14-11-32-29(34(38)41)18-27-5-2-3-13-37(27)32/h4,6-9,15,17-18,20,35,39H,2-3,5,10-14,16,19,21H2,1H3. The largest absolute Gasteiger partial charge is 0.392 e. The van der Waals surface area contributed by atoms with Gasteiger partial charge >= 0.3 is 0 Å². The molecule has 0 saturated carbocycles. The molecule has 0 spiro atoms. The van der Waals surface area contributed by atoms with Gasteiger partial charge in [0.15, 0.2) is 0 Å². The van der Waals surface area contributed by atoms with Gasteiger partial charge in [0.05, 0.1) is 17.9 Å². The minimum absolute atomic E-state index is 0.00348. The van der Waals surface area contributed by atoms with E-state index in [4.69, 9.17) is 0 Å². The van der Waals surface area contributed by atoms with Crippen LogP contribution in [-0.2, 0) is 52.4 Å². The Kier molecular flexibility index (Phi) is 6.64. The minimum Gasteiger partial charge on any atom is -0.392 e. The predicted octanol–water partition coefficient (Wildman–Crippen LogP) is 4.12. The maximum absolute atomic E-state index is 13.8. The molecule has 4 aromatic rings. The molecule has 2 aromatic heterocycles. The maximum Gasteiger partial charge on any atom is 0.260 e. The fourth-order valence-electron chi connectivity index (χ4n) is 7.04. The van der Waals surface area contributed by atoms with Crippen molar-refractivity contribution in [3.8, 4) is 11.1 Å². The Morgan fingerprint density at radius 3 is 2.71 bits per heavy atom. The van der Waals surface area contributed by atoms with Crippen molar-refractivity contribution < 1.29 is 9.90 Å². The highest BCUT2D eigenvalue weighted by atomic mass is 16.3. The molecule has 3 aliphatic heterocycles. The lowest BCUT2D eigenvalue weighted by Gasteiger charge is -2.30. The van der Waals surface area contributed by atoms with Gasteiger partial charge < -0.3 is 24.5 Å². The van der Waals surface area contributed by atoms with E-state index < -0.39 is 0 Å². The molecule has 2 aromatic carbocycles. The summed E-state index contributed by atoms with van der Waals surface area (Å²) >= 11 is 0. The number of fused-ring (bicyclic) bond motifs is 4. The molecule has 0 aliphatic carbocycles. The summed E-state index contributed by atoms with van der Waals surface area (Å²) in [5, 5.41) is 14.0. The van der Waals surface area contributed by atoms with E-state index in [-0.39, 0.29) is 18.1 Å². The second kappa shape index (κ2) is 10.5. The minimum atomic E-state index is -0.203. The quantitative estimate of drug-likeness (QED) is 0.393. The number of amides is 1. The third kappa shape index (κ3) is 4.53. The third-order valence-corrected chi connectivity index (χ3v) is 9.13. The fraction of sp³-hybridized carbons (Fsp3) is 0.353. The zero-order valence-electron chi connectivity index (χ0n) is 23.6. The van der Waals surface area contributed by atoms with Gasteiger partial charge in [-0.15, -0.1) is 0 Å². The number of rotatable bonds is 5. The average molecular weight is 549 g/mol. The number of aliphatic hydroxyl groups is 1. The molecule has 7 heteroatoms. The summed E-state index contributed by atoms with van der Waals surface area (Å²) in [7, 11) is 1.78. The van der Waals surface area contributed by atoms with Crippen molar-refractivity contribution in [3.05, 3.63) is 110 Å². The summed E-state index contributed by atoms with van der Waals surface area (Å²) in [6, 6.07) is 16.4. The summed E-state index contributed by atoms with van der Waals surface area (Å²) in [6.07, 6.45) is 7.53. The molecule has 1 amide bonds. The summed E-state index contributed by atoms with van der Waals surface area (Å²) in [5.74, 6) is 0.00348. The van der Waals surface area contributed by atoms with Crippen LogP contribution in [0.1, 0.15) is 62.4 Å². The molecule has 7 nitrogen and oxygen atoms in total. The van der Waals surface area contributed by atoms with Gasteiger partial charge in [0.2, 0.25) is 0 Å². The van der Waals surface area contributed by atoms with Gasteiger partial charge in [-0.3, -0.25) is 9.59 Å². The molecule has 41 heavy (non-hydrogen) atoms. The van der Waals surface area contributed by atoms with Crippen LogP contribution in [0.2, 0.25) is 0 Å². The van der Waals surface area contributed by atoms with Gasteiger partial charge in [0.25, 0.3) is 11.5 Å². The van der Waals surface area contributed by atoms with Crippen LogP contribution in [0.15, 0.2) is 59.5 Å². The van der Waals surface area contributed by atoms with Crippen molar-refractivity contribution in [2.45, 2.75) is 58.2 Å². The number of hydrogen-bond donors (Lipinski definition) is 2. The van der Waals surface area contributed by atoms with Gasteiger partial charge in [-0.1, -0.05) is 30.3 Å². The number of pyridine rings is 1. The highest BCUT2D eigenvalue weighted by molar-refractivity contribution is 6.09. The van der Waals surface area contributed by atoms with Gasteiger partial charge in [-0.2, -0.15) is 0 Å². The molecule has 210 valence electrons. The number of carbonyl (C=O) groups is 1. The third-order valence-electron chi connectivity index (χ3n) is 9.13. The van der Waals surface area contributed by atoms with Crippen LogP contribution in [0.5, 0.6) is 0 Å². The number of benzene rings is 2. The van der Waals surface area contributed by atoms with E-state index in [9.17, 15) is 14.7 Å². The monoisotopic (exact) mass is 548 g/mol. The zero-order chi connectivity index (χ0) is 28.1. The molecule has 2 N–H and O–H groups in total. The topological polar surface area (TPSA) is 79.5 Å². The van der Waals surface area contributed by atoms with Crippen molar-refractivity contribution in [1.82, 2.24) is 14.5 Å². The first-order valence-electron chi connectivity index (χ1n) is 14.8. The van der Waals surface area contributed by atoms with Crippen LogP contribution < -0.4 is 15.8 Å². The zero-order valence-corrected chi connectivity index (χ0v) is 23.6. The molecule has 0 radical (unpaired) electrons. The Hall–Kier alpha value is -3.94. The highest BCUT2D eigenvalue weighted by Gasteiger charge is 2.32. The van der Waals surface area contributed by atoms with E-state index in [2.05, 4.69) is 34.1 Å². The molecule has 5 heterocycles. The molecular formula is C34H36N4O3. The van der Waals surface area contributed by atoms with Crippen LogP contribution in [0.25, 0.3) is 11.1 Å². The molecule has 0 atom stereocenters. The van der Waals surface area contributed by atoms with Crippen LogP contribution in [0, 0.1) is 0 Å². The van der Waals surface area contributed by atoms with Gasteiger partial charge in [0, 0.05) is 68.2 Å². The van der Waals surface area contributed by atoms with E-state index in [0.29, 0.717) is 24.1 Å². The van der Waals surface area contributed by atoms with E-state index in [0.717, 1.165) is 79.0 Å². The number of hydrogen-bond acceptors (Lipinski definition) is 4. The summed E-state index contributed by atoms with van der Waals surface area (Å²) in [4.78, 5) is 28.8. The predicted molar refractivity (Wildman–Crippen MR) is 160 cm³/mol. The van der Waals surface area contributed by atoms with Crippen LogP contribution >= 0.6 is 0 Å². The van der Waals surface area contributed by atoms with E-state index in [1.807, 2.05) is 35.4 Å². The first-order chi connectivity index (χ1) is 20.0. The van der Waals surface area contributed by atoms with Crippen LogP contribution in [0.4, 0.5) is 5.69 Å². The summed E-state index contributed by atoms with van der Waals surface area (Å²) < 4.78 is 3.98. The van der Waals surface area contributed by atoms with Gasteiger partial charge in [-0.25, -0.2) is 0 Å². The maximum atomic E-state index is 13.8. The number of nitrogens with one attached hydrogen (secondary N) is 1. The van der Waals surface area contributed by atoms with E-state index >= 15 is 0 Å². The number of nitrogens with zero attached hydrogens (tertiary/aromatic N) is 3. The summed E-state index contributed by atoms with van der Waals surface area (Å²) in [5.41, 5.74) is 10.9. The molecule has 3 aliphatic rings. The number of anilines is 1. The smallest absolute Gasteiger partial charge is 0.260 e. The molecule has 0 bridgehead atoms. The number of carbonyl (C=O) groups excluding carboxylic acids is 1. The second-order valence-corrected chi connectivity index (χ2v) is 11.6. The van der Waals surface area contributed by atoms with Crippen molar-refractivity contribution in [3.63, 3.8) is 0 Å². The van der Waals surface area contributed by atoms with Crippen LogP contribution in [0.3, 0.4) is 0 Å². The molecular weight excluding hydrogens is 512 g/mol. The van der Waals surface area contributed by atoms with Crippen LogP contribution in [-0.4, -0.2) is 33.2 Å². The molecule has 0 fully saturated rings. The van der Waals surface area contributed by atoms with Crippen molar-refractivity contribution in [1.29, 1.82) is 0 Å². The lowest BCUT2D eigenvalue weighted by Crippen LogP contribution is -2.38. The number of aryl methyl sites for hydroxylation is 2. The normalized spacial score (nSPS) is 16.3. The number of aromatic nitrogens is 2. The first-order valence-corrected chi connectivity index (χ1v) is 14.8. The SMILES string of the molecule is Cn1cc(-c2cccc(N3CCc4c(cc5n4CCCC5)C3=O)c2CO)cc(Cc2ccc3c(c2)CCNC3)c1=O. The lowest BCUT2D eigenvalue weighted by atomic mass is 9.94. The molecule has 0 saturated heterocycles. The van der Waals surface area contributed by atoms with Crippen molar-refractivity contribution in [2.24, 2.45) is 7.05 Å². The first kappa shape index (κ1) is 26.0. The van der Waals surface area contributed by atoms with Gasteiger partial charge in [0.1, 0.15) is 0 Å². The van der Waals surface area contributed by atoms with E-state index in [1.54, 1.807) is 11.6 Å². The summed E-state index contributed by atoms with van der Waals surface area (Å²) in [6.45, 7) is 3.24. The fourth-order valence-corrected chi connectivity index (χ4v) is 7.04.